The van der Waals surface area contributed by atoms with Crippen LogP contribution in [0.15, 0.2) is 72.8 Å². The van der Waals surface area contributed by atoms with Gasteiger partial charge in [0.25, 0.3) is 5.91 Å². The molecule has 0 aliphatic rings. The highest BCUT2D eigenvalue weighted by atomic mass is 19.1. The van der Waals surface area contributed by atoms with Gasteiger partial charge in [-0.2, -0.15) is 0 Å². The van der Waals surface area contributed by atoms with Crippen molar-refractivity contribution in [2.75, 3.05) is 5.32 Å². The molecule has 0 saturated carbocycles. The van der Waals surface area contributed by atoms with Crippen LogP contribution in [-0.2, 0) is 6.42 Å². The minimum Gasteiger partial charge on any atom is -0.322 e. The van der Waals surface area contributed by atoms with Crippen molar-refractivity contribution >= 4 is 17.4 Å². The van der Waals surface area contributed by atoms with E-state index in [1.54, 1.807) is 24.3 Å². The van der Waals surface area contributed by atoms with Crippen LogP contribution in [0.2, 0.25) is 0 Å². The maximum atomic E-state index is 13.2. The third-order valence-electron chi connectivity index (χ3n) is 4.12. The zero-order valence-corrected chi connectivity index (χ0v) is 14.3. The molecule has 0 unspecified atom stereocenters. The fraction of sp³-hybridized carbons (Fsp3) is 0.0909. The second-order valence-corrected chi connectivity index (χ2v) is 5.92. The minimum absolute atomic E-state index is 0.0735. The van der Waals surface area contributed by atoms with Crippen molar-refractivity contribution < 1.29 is 14.0 Å². The maximum absolute atomic E-state index is 13.2. The van der Waals surface area contributed by atoms with Gasteiger partial charge in [-0.15, -0.1) is 0 Å². The van der Waals surface area contributed by atoms with Crippen molar-refractivity contribution in [3.63, 3.8) is 0 Å². The van der Waals surface area contributed by atoms with E-state index in [0.29, 0.717) is 16.8 Å². The standard InChI is InChI=1S/C22H18FNO2/c1-2-15-6-8-16(9-7-15)21(25)17-10-12-20(13-11-17)24-22(26)18-4-3-5-19(23)14-18/h3-14H,2H2,1H3,(H,24,26). The van der Waals surface area contributed by atoms with Crippen molar-refractivity contribution in [2.24, 2.45) is 0 Å². The second-order valence-electron chi connectivity index (χ2n) is 5.92. The Morgan fingerprint density at radius 2 is 1.46 bits per heavy atom. The first-order chi connectivity index (χ1) is 12.6. The molecule has 0 bridgehead atoms. The van der Waals surface area contributed by atoms with E-state index < -0.39 is 11.7 Å². The van der Waals surface area contributed by atoms with Crippen LogP contribution in [0.1, 0.15) is 38.8 Å². The molecule has 0 heterocycles. The Morgan fingerprint density at radius 3 is 2.04 bits per heavy atom. The average molecular weight is 347 g/mol. The number of hydrogen-bond donors (Lipinski definition) is 1. The van der Waals surface area contributed by atoms with Gasteiger partial charge in [0, 0.05) is 22.4 Å². The highest BCUT2D eigenvalue weighted by Gasteiger charge is 2.10. The lowest BCUT2D eigenvalue weighted by atomic mass is 10.0. The van der Waals surface area contributed by atoms with Crippen LogP contribution in [0.4, 0.5) is 10.1 Å². The van der Waals surface area contributed by atoms with E-state index in [0.717, 1.165) is 6.42 Å². The normalized spacial score (nSPS) is 10.4. The van der Waals surface area contributed by atoms with Gasteiger partial charge in [0.05, 0.1) is 0 Å². The summed E-state index contributed by atoms with van der Waals surface area (Å²) in [6, 6.07) is 19.6. The monoisotopic (exact) mass is 347 g/mol. The van der Waals surface area contributed by atoms with Gasteiger partial charge >= 0.3 is 0 Å². The topological polar surface area (TPSA) is 46.2 Å². The molecule has 3 nitrogen and oxygen atoms in total. The zero-order valence-electron chi connectivity index (χ0n) is 14.3. The van der Waals surface area contributed by atoms with Crippen LogP contribution in [0, 0.1) is 5.82 Å². The van der Waals surface area contributed by atoms with E-state index in [1.807, 2.05) is 24.3 Å². The van der Waals surface area contributed by atoms with E-state index in [1.165, 1.54) is 29.8 Å². The molecule has 0 fully saturated rings. The fourth-order valence-corrected chi connectivity index (χ4v) is 2.60. The predicted octanol–water partition coefficient (Wildman–Crippen LogP) is 4.87. The van der Waals surface area contributed by atoms with Gasteiger partial charge in [0.2, 0.25) is 0 Å². The number of benzene rings is 3. The van der Waals surface area contributed by atoms with Crippen molar-refractivity contribution in [1.29, 1.82) is 0 Å². The van der Waals surface area contributed by atoms with Crippen LogP contribution in [0.25, 0.3) is 0 Å². The Labute approximate surface area is 151 Å². The van der Waals surface area contributed by atoms with Crippen molar-refractivity contribution in [3.8, 4) is 0 Å². The molecule has 0 aromatic heterocycles. The third kappa shape index (κ3) is 4.03. The molecule has 4 heteroatoms. The second kappa shape index (κ2) is 7.74. The lowest BCUT2D eigenvalue weighted by Crippen LogP contribution is -2.12. The molecule has 0 radical (unpaired) electrons. The SMILES string of the molecule is CCc1ccc(C(=O)c2ccc(NC(=O)c3cccc(F)c3)cc2)cc1. The van der Waals surface area contributed by atoms with E-state index >= 15 is 0 Å². The first kappa shape index (κ1) is 17.5. The van der Waals surface area contributed by atoms with Gasteiger partial charge in [-0.25, -0.2) is 4.39 Å². The van der Waals surface area contributed by atoms with Gasteiger partial charge in [-0.3, -0.25) is 9.59 Å². The summed E-state index contributed by atoms with van der Waals surface area (Å²) in [4.78, 5) is 24.6. The molecule has 0 spiro atoms. The largest absolute Gasteiger partial charge is 0.322 e. The van der Waals surface area contributed by atoms with Crippen molar-refractivity contribution in [3.05, 3.63) is 101 Å². The van der Waals surface area contributed by atoms with E-state index in [2.05, 4.69) is 12.2 Å². The summed E-state index contributed by atoms with van der Waals surface area (Å²) in [5, 5.41) is 2.69. The molecule has 0 saturated heterocycles. The number of anilines is 1. The summed E-state index contributed by atoms with van der Waals surface area (Å²) in [7, 11) is 0. The lowest BCUT2D eigenvalue weighted by molar-refractivity contribution is 0.102. The van der Waals surface area contributed by atoms with Crippen LogP contribution in [0.5, 0.6) is 0 Å². The van der Waals surface area contributed by atoms with Gasteiger partial charge in [0.1, 0.15) is 5.82 Å². The molecule has 0 aliphatic heterocycles. The number of carbonyl (C=O) groups excluding carboxylic acids is 2. The quantitative estimate of drug-likeness (QED) is 0.669. The molecular formula is C22H18FNO2. The summed E-state index contributed by atoms with van der Waals surface area (Å²) in [5.41, 5.74) is 3.12. The number of nitrogens with one attached hydrogen (secondary N) is 1. The first-order valence-electron chi connectivity index (χ1n) is 8.37. The number of halogens is 1. The smallest absolute Gasteiger partial charge is 0.255 e. The molecule has 1 amide bonds. The van der Waals surface area contributed by atoms with Gasteiger partial charge in [0.15, 0.2) is 5.78 Å². The maximum Gasteiger partial charge on any atom is 0.255 e. The summed E-state index contributed by atoms with van der Waals surface area (Å²) in [6.07, 6.45) is 0.925. The summed E-state index contributed by atoms with van der Waals surface area (Å²) in [5.74, 6) is -0.943. The highest BCUT2D eigenvalue weighted by Crippen LogP contribution is 2.16. The zero-order chi connectivity index (χ0) is 18.5. The molecule has 1 N–H and O–H groups in total. The Morgan fingerprint density at radius 1 is 0.846 bits per heavy atom. The van der Waals surface area contributed by atoms with Crippen LogP contribution >= 0.6 is 0 Å². The van der Waals surface area contributed by atoms with Gasteiger partial charge < -0.3 is 5.32 Å². The van der Waals surface area contributed by atoms with Gasteiger partial charge in [-0.1, -0.05) is 37.3 Å². The van der Waals surface area contributed by atoms with E-state index in [-0.39, 0.29) is 11.3 Å². The Hall–Kier alpha value is -3.27. The van der Waals surface area contributed by atoms with E-state index in [9.17, 15) is 14.0 Å². The van der Waals surface area contributed by atoms with Crippen LogP contribution in [0.3, 0.4) is 0 Å². The predicted molar refractivity (Wildman–Crippen MR) is 100 cm³/mol. The first-order valence-corrected chi connectivity index (χ1v) is 8.37. The Bertz CT molecular complexity index is 931. The van der Waals surface area contributed by atoms with Crippen molar-refractivity contribution in [2.45, 2.75) is 13.3 Å². The molecule has 3 aromatic carbocycles. The van der Waals surface area contributed by atoms with E-state index in [4.69, 9.17) is 0 Å². The van der Waals surface area contributed by atoms with Crippen molar-refractivity contribution in [1.82, 2.24) is 0 Å². The number of carbonyl (C=O) groups is 2. The Balaban J connectivity index is 1.71. The number of rotatable bonds is 5. The number of amides is 1. The molecule has 0 aliphatic carbocycles. The fourth-order valence-electron chi connectivity index (χ4n) is 2.60. The average Bonchev–Trinajstić information content (AvgIpc) is 2.68. The molecule has 3 aromatic rings. The highest BCUT2D eigenvalue weighted by molar-refractivity contribution is 6.09. The molecule has 130 valence electrons. The van der Waals surface area contributed by atoms with Crippen LogP contribution < -0.4 is 5.32 Å². The Kier molecular flexibility index (Phi) is 5.23. The summed E-state index contributed by atoms with van der Waals surface area (Å²) < 4.78 is 13.2. The van der Waals surface area contributed by atoms with Crippen LogP contribution in [-0.4, -0.2) is 11.7 Å². The summed E-state index contributed by atoms with van der Waals surface area (Å²) in [6.45, 7) is 2.06. The molecule has 26 heavy (non-hydrogen) atoms. The summed E-state index contributed by atoms with van der Waals surface area (Å²) >= 11 is 0. The third-order valence-corrected chi connectivity index (χ3v) is 4.12. The molecular weight excluding hydrogens is 329 g/mol. The number of aryl methyl sites for hydroxylation is 1. The number of ketones is 1. The van der Waals surface area contributed by atoms with Gasteiger partial charge in [-0.05, 0) is 54.4 Å². The number of hydrogen-bond acceptors (Lipinski definition) is 2. The molecule has 0 atom stereocenters. The molecule has 3 rings (SSSR count). The minimum atomic E-state index is -0.465. The lowest BCUT2D eigenvalue weighted by Gasteiger charge is -2.07.